The molecule has 96 valence electrons. The standard InChI is InChI=1S/C13H21O3P/c1-2-3-4-5-6-9-12-10-7-8-11-13(12)17(14,15)16/h7-8,10-11H,2-6,9H2,1H3,(H2,14,15,16). The Morgan fingerprint density at radius 1 is 1.06 bits per heavy atom. The summed E-state index contributed by atoms with van der Waals surface area (Å²) in [6.45, 7) is 2.17. The van der Waals surface area contributed by atoms with Gasteiger partial charge in [-0.3, -0.25) is 4.57 Å². The molecular weight excluding hydrogens is 235 g/mol. The second-order valence-corrected chi connectivity index (χ2v) is 5.91. The molecule has 0 saturated carbocycles. The second-order valence-electron chi connectivity index (χ2n) is 4.34. The summed E-state index contributed by atoms with van der Waals surface area (Å²) in [5.41, 5.74) is 0.789. The Kier molecular flexibility index (Phi) is 5.90. The lowest BCUT2D eigenvalue weighted by atomic mass is 10.1. The van der Waals surface area contributed by atoms with Gasteiger partial charge in [-0.25, -0.2) is 0 Å². The summed E-state index contributed by atoms with van der Waals surface area (Å²) in [5.74, 6) is 0. The molecule has 0 aliphatic carbocycles. The minimum atomic E-state index is -4.12. The fourth-order valence-electron chi connectivity index (χ4n) is 1.93. The third-order valence-electron chi connectivity index (χ3n) is 2.86. The van der Waals surface area contributed by atoms with Gasteiger partial charge in [0.2, 0.25) is 0 Å². The van der Waals surface area contributed by atoms with Gasteiger partial charge in [-0.05, 0) is 24.5 Å². The molecule has 0 aliphatic rings. The molecule has 0 fully saturated rings. The molecule has 17 heavy (non-hydrogen) atoms. The van der Waals surface area contributed by atoms with Gasteiger partial charge < -0.3 is 9.79 Å². The molecule has 0 aromatic heterocycles. The van der Waals surface area contributed by atoms with E-state index in [1.54, 1.807) is 6.07 Å². The van der Waals surface area contributed by atoms with Gasteiger partial charge in [0.1, 0.15) is 0 Å². The van der Waals surface area contributed by atoms with E-state index in [2.05, 4.69) is 6.92 Å². The molecule has 4 heteroatoms. The van der Waals surface area contributed by atoms with Crippen molar-refractivity contribution in [2.75, 3.05) is 0 Å². The maximum absolute atomic E-state index is 11.3. The summed E-state index contributed by atoms with van der Waals surface area (Å²) >= 11 is 0. The largest absolute Gasteiger partial charge is 0.356 e. The summed E-state index contributed by atoms with van der Waals surface area (Å²) in [5, 5.41) is 0.190. The van der Waals surface area contributed by atoms with E-state index in [0.717, 1.165) is 24.8 Å². The highest BCUT2D eigenvalue weighted by Gasteiger charge is 2.20. The zero-order chi connectivity index (χ0) is 12.7. The predicted molar refractivity (Wildman–Crippen MR) is 70.6 cm³/mol. The molecule has 0 heterocycles. The number of benzene rings is 1. The Bertz CT molecular complexity index is 384. The average Bonchev–Trinajstić information content (AvgIpc) is 2.28. The lowest BCUT2D eigenvalue weighted by Gasteiger charge is -2.10. The van der Waals surface area contributed by atoms with Crippen LogP contribution in [0.25, 0.3) is 0 Å². The van der Waals surface area contributed by atoms with Crippen molar-refractivity contribution < 1.29 is 14.4 Å². The Morgan fingerprint density at radius 2 is 1.71 bits per heavy atom. The van der Waals surface area contributed by atoms with Crippen LogP contribution < -0.4 is 5.30 Å². The van der Waals surface area contributed by atoms with Crippen molar-refractivity contribution in [3.63, 3.8) is 0 Å². The molecule has 0 aliphatic heterocycles. The summed E-state index contributed by atoms with van der Waals surface area (Å²) < 4.78 is 11.3. The Balaban J connectivity index is 2.56. The molecule has 1 aromatic carbocycles. The third-order valence-corrected chi connectivity index (χ3v) is 3.92. The van der Waals surface area contributed by atoms with Crippen molar-refractivity contribution in [2.45, 2.75) is 45.4 Å². The van der Waals surface area contributed by atoms with Crippen molar-refractivity contribution in [1.29, 1.82) is 0 Å². The van der Waals surface area contributed by atoms with Gasteiger partial charge in [0.25, 0.3) is 0 Å². The fourth-order valence-corrected chi connectivity index (χ4v) is 2.77. The van der Waals surface area contributed by atoms with E-state index in [0.29, 0.717) is 0 Å². The molecular formula is C13H21O3P. The van der Waals surface area contributed by atoms with Crippen LogP contribution in [0.5, 0.6) is 0 Å². The smallest absolute Gasteiger partial charge is 0.321 e. The van der Waals surface area contributed by atoms with Crippen LogP contribution in [0, 0.1) is 0 Å². The zero-order valence-corrected chi connectivity index (χ0v) is 11.2. The highest BCUT2D eigenvalue weighted by molar-refractivity contribution is 7.60. The Morgan fingerprint density at radius 3 is 2.35 bits per heavy atom. The lowest BCUT2D eigenvalue weighted by Crippen LogP contribution is -2.10. The molecule has 0 radical (unpaired) electrons. The van der Waals surface area contributed by atoms with Crippen LogP contribution >= 0.6 is 7.60 Å². The summed E-state index contributed by atoms with van der Waals surface area (Å²) in [6.07, 6.45) is 6.53. The molecule has 0 unspecified atom stereocenters. The first-order valence-electron chi connectivity index (χ1n) is 6.19. The van der Waals surface area contributed by atoms with Crippen LogP contribution in [0.15, 0.2) is 24.3 Å². The number of hydrogen-bond donors (Lipinski definition) is 2. The van der Waals surface area contributed by atoms with Crippen molar-refractivity contribution >= 4 is 12.9 Å². The van der Waals surface area contributed by atoms with E-state index < -0.39 is 7.60 Å². The quantitative estimate of drug-likeness (QED) is 0.582. The van der Waals surface area contributed by atoms with Crippen LogP contribution in [0.1, 0.15) is 44.6 Å². The average molecular weight is 256 g/mol. The maximum Gasteiger partial charge on any atom is 0.356 e. The van der Waals surface area contributed by atoms with Gasteiger partial charge in [0.05, 0.1) is 5.30 Å². The maximum atomic E-state index is 11.3. The molecule has 0 amide bonds. The zero-order valence-electron chi connectivity index (χ0n) is 10.3. The summed E-state index contributed by atoms with van der Waals surface area (Å²) in [4.78, 5) is 18.4. The third kappa shape index (κ3) is 5.03. The van der Waals surface area contributed by atoms with Gasteiger partial charge in [-0.15, -0.1) is 0 Å². The minimum Gasteiger partial charge on any atom is -0.321 e. The van der Waals surface area contributed by atoms with E-state index in [4.69, 9.17) is 0 Å². The van der Waals surface area contributed by atoms with Gasteiger partial charge in [0, 0.05) is 0 Å². The fraction of sp³-hybridized carbons (Fsp3) is 0.538. The van der Waals surface area contributed by atoms with Gasteiger partial charge in [-0.1, -0.05) is 50.8 Å². The van der Waals surface area contributed by atoms with Crippen LogP contribution in [-0.2, 0) is 11.0 Å². The molecule has 0 bridgehead atoms. The monoisotopic (exact) mass is 256 g/mol. The summed E-state index contributed by atoms with van der Waals surface area (Å²) in [7, 11) is -4.12. The van der Waals surface area contributed by atoms with Gasteiger partial charge >= 0.3 is 7.60 Å². The molecule has 2 N–H and O–H groups in total. The van der Waals surface area contributed by atoms with E-state index in [1.165, 1.54) is 25.3 Å². The molecule has 1 aromatic rings. The normalized spacial score (nSPS) is 11.7. The summed E-state index contributed by atoms with van der Waals surface area (Å²) in [6, 6.07) is 6.85. The molecule has 3 nitrogen and oxygen atoms in total. The second kappa shape index (κ2) is 6.95. The van der Waals surface area contributed by atoms with E-state index >= 15 is 0 Å². The topological polar surface area (TPSA) is 57.5 Å². The number of unbranched alkanes of at least 4 members (excludes halogenated alkanes) is 4. The first-order chi connectivity index (χ1) is 8.05. The number of rotatable bonds is 7. The molecule has 1 rings (SSSR count). The van der Waals surface area contributed by atoms with Gasteiger partial charge in [0.15, 0.2) is 0 Å². The first kappa shape index (κ1) is 14.4. The van der Waals surface area contributed by atoms with Crippen LogP contribution in [0.4, 0.5) is 0 Å². The molecule has 0 spiro atoms. The van der Waals surface area contributed by atoms with Gasteiger partial charge in [-0.2, -0.15) is 0 Å². The molecule has 0 atom stereocenters. The number of aryl methyl sites for hydroxylation is 1. The number of hydrogen-bond acceptors (Lipinski definition) is 1. The van der Waals surface area contributed by atoms with Crippen LogP contribution in [-0.4, -0.2) is 9.79 Å². The molecule has 0 saturated heterocycles. The van der Waals surface area contributed by atoms with Crippen LogP contribution in [0.2, 0.25) is 0 Å². The first-order valence-corrected chi connectivity index (χ1v) is 7.81. The van der Waals surface area contributed by atoms with E-state index in [1.807, 2.05) is 12.1 Å². The predicted octanol–water partition coefficient (Wildman–Crippen LogP) is 3.00. The lowest BCUT2D eigenvalue weighted by molar-refractivity contribution is 0.387. The van der Waals surface area contributed by atoms with Crippen molar-refractivity contribution in [3.05, 3.63) is 29.8 Å². The van der Waals surface area contributed by atoms with Crippen molar-refractivity contribution in [1.82, 2.24) is 0 Å². The Hall–Kier alpha value is -0.630. The Labute approximate surface area is 103 Å². The highest BCUT2D eigenvalue weighted by atomic mass is 31.2. The van der Waals surface area contributed by atoms with Crippen molar-refractivity contribution in [3.8, 4) is 0 Å². The van der Waals surface area contributed by atoms with E-state index in [9.17, 15) is 14.4 Å². The minimum absolute atomic E-state index is 0.190. The SMILES string of the molecule is CCCCCCCc1ccccc1P(=O)(O)O. The van der Waals surface area contributed by atoms with Crippen LogP contribution in [0.3, 0.4) is 0 Å². The van der Waals surface area contributed by atoms with Crippen molar-refractivity contribution in [2.24, 2.45) is 0 Å². The highest BCUT2D eigenvalue weighted by Crippen LogP contribution is 2.34. The van der Waals surface area contributed by atoms with E-state index in [-0.39, 0.29) is 5.30 Å².